The summed E-state index contributed by atoms with van der Waals surface area (Å²) in [6.07, 6.45) is 58.5. The third-order valence-electron chi connectivity index (χ3n) is 16.2. The van der Waals surface area contributed by atoms with E-state index in [-0.39, 0.29) is 50.0 Å². The fourth-order valence-corrected chi connectivity index (χ4v) is 10.2. The maximum Gasteiger partial charge on any atom is 1.00 e. The van der Waals surface area contributed by atoms with Crippen molar-refractivity contribution >= 4 is 41.0 Å². The highest BCUT2D eigenvalue weighted by Crippen LogP contribution is 2.32. The Bertz CT molecular complexity index is 1620. The molecule has 574 valence electrons. The standard InChI is InChI=1S/C18H34O.C18H38.C13H26.2C9H18O.C5H8O3.C5H8O2.C5H10O2.3H2O.H2/c1-5-9-13-16(14-10-6-2)17(12-8-4)18(19)15-11-7-3;1-5-9-12-16-17(13-8-4)18(14-10-6-2)15-11-7-3;1-4-7-10-13(11-8-5-2)12-9-6-3;2*1-3-5-7-9(10)8-6-4-2;1-4(6)2-3-5(7)8;1-4-2-3-5(6)7-4;1-2-3-4-5(6)7;;;;/h5-15H2,1-4H3;17-18H,5-16H2,1-4H3;10H,4-9,11-12H2,1-3H3;2*3-8H2,1-2H3;2-3H2,1H3,(H,7,8);4H,2-3H2,1H3;2-4H2,1H3,(H,6,7);3*1H2;1H/p+1. The SMILES string of the molecule is CC(=O)CCC(=O)O.CC1CCC(=O)O1.CCCC=C(CCCC)CCCC.CCCCC(=O)C(CCC)=C(CCCC)CCCC.CCCCC(=O)CCCC.CCCCC(=O)CCCC.CCCCC(=O)O.CCCCCC(CCC)C(CCCC)CCCC.O.O.O.[H+].[HH]. The second-order valence-electron chi connectivity index (χ2n) is 25.9. The largest absolute Gasteiger partial charge is 1.00 e. The lowest BCUT2D eigenvalue weighted by Crippen LogP contribution is -2.15. The lowest BCUT2D eigenvalue weighted by Gasteiger charge is -2.27. The first-order chi connectivity index (χ1) is 44.1. The molecule has 1 aliphatic heterocycles. The highest BCUT2D eigenvalue weighted by Gasteiger charge is 2.20. The van der Waals surface area contributed by atoms with Crippen LogP contribution < -0.4 is 0 Å². The van der Waals surface area contributed by atoms with E-state index in [0.29, 0.717) is 30.2 Å². The van der Waals surface area contributed by atoms with Crippen LogP contribution in [0.25, 0.3) is 0 Å². The number of esters is 1. The van der Waals surface area contributed by atoms with Crippen LogP contribution in [0.4, 0.5) is 0 Å². The molecule has 13 heteroatoms. The number of hydrogen-bond acceptors (Lipinski definition) is 8. The second-order valence-corrected chi connectivity index (χ2v) is 25.9. The molecule has 0 amide bonds. The maximum atomic E-state index is 12.4. The molecule has 1 aliphatic rings. The number of cyclic esters (lactones) is 1. The van der Waals surface area contributed by atoms with Gasteiger partial charge in [0.2, 0.25) is 0 Å². The zero-order valence-corrected chi connectivity index (χ0v) is 66.3. The van der Waals surface area contributed by atoms with E-state index in [1.807, 2.05) is 13.8 Å². The number of aliphatic carboxylic acids is 2. The number of carbonyl (C=O) groups excluding carboxylic acids is 5. The van der Waals surface area contributed by atoms with Gasteiger partial charge in [0.15, 0.2) is 5.78 Å². The van der Waals surface area contributed by atoms with Gasteiger partial charge in [0.1, 0.15) is 17.3 Å². The zero-order chi connectivity index (χ0) is 71.3. The van der Waals surface area contributed by atoms with Gasteiger partial charge in [0.05, 0.1) is 12.5 Å². The topological polar surface area (TPSA) is 264 Å². The first kappa shape index (κ1) is 113. The van der Waals surface area contributed by atoms with Crippen molar-refractivity contribution in [1.82, 2.24) is 0 Å². The summed E-state index contributed by atoms with van der Waals surface area (Å²) in [7, 11) is 0. The minimum absolute atomic E-state index is 0. The van der Waals surface area contributed by atoms with Crippen molar-refractivity contribution in [2.75, 3.05) is 0 Å². The van der Waals surface area contributed by atoms with Crippen molar-refractivity contribution in [2.24, 2.45) is 11.8 Å². The predicted molar refractivity (Wildman–Crippen MR) is 414 cm³/mol. The number of hydrogen-bond donors (Lipinski definition) is 2. The first-order valence-electron chi connectivity index (χ1n) is 39.2. The van der Waals surface area contributed by atoms with Gasteiger partial charge in [-0.05, 0) is 140 Å². The van der Waals surface area contributed by atoms with Crippen LogP contribution in [-0.2, 0) is 38.3 Å². The normalized spacial score (nSPS) is 11.7. The van der Waals surface area contributed by atoms with E-state index in [2.05, 4.69) is 110 Å². The highest BCUT2D eigenvalue weighted by molar-refractivity contribution is 5.96. The van der Waals surface area contributed by atoms with E-state index in [9.17, 15) is 33.6 Å². The number of ether oxygens (including phenoxy) is 1. The molecule has 0 aliphatic carbocycles. The van der Waals surface area contributed by atoms with E-state index in [0.717, 1.165) is 153 Å². The monoisotopic (exact) mass is 1360 g/mol. The molecule has 0 aromatic heterocycles. The predicted octanol–water partition coefficient (Wildman–Crippen LogP) is 24.5. The van der Waals surface area contributed by atoms with Crippen LogP contribution in [-0.4, -0.2) is 73.8 Å². The van der Waals surface area contributed by atoms with E-state index >= 15 is 0 Å². The summed E-state index contributed by atoms with van der Waals surface area (Å²) < 4.78 is 4.72. The summed E-state index contributed by atoms with van der Waals surface area (Å²) in [5.41, 5.74) is 4.38. The Kier molecular flexibility index (Phi) is 112. The van der Waals surface area contributed by atoms with E-state index in [4.69, 9.17) is 14.9 Å². The Hall–Kier alpha value is -3.55. The molecular weight excluding hydrogens is 1190 g/mol. The summed E-state index contributed by atoms with van der Waals surface area (Å²) in [6, 6.07) is 0. The number of Topliss-reactive ketones (excluding diaryl/α,β-unsaturated/α-hetero) is 4. The van der Waals surface area contributed by atoms with E-state index < -0.39 is 11.9 Å². The lowest BCUT2D eigenvalue weighted by molar-refractivity contribution is -0.141. The van der Waals surface area contributed by atoms with Crippen molar-refractivity contribution in [3.8, 4) is 0 Å². The Morgan fingerprint density at radius 1 is 0.411 bits per heavy atom. The van der Waals surface area contributed by atoms with Gasteiger partial charge in [-0.15, -0.1) is 0 Å². The number of ketones is 4. The molecule has 0 aromatic rings. The molecule has 8 N–H and O–H groups in total. The molecule has 0 bridgehead atoms. The molecule has 0 spiro atoms. The third kappa shape index (κ3) is 96.9. The molecule has 1 rings (SSSR count). The zero-order valence-electron chi connectivity index (χ0n) is 67.3. The number of carboxylic acid groups (broad SMARTS) is 2. The quantitative estimate of drug-likeness (QED) is 0.0252. The minimum atomic E-state index is -0.916. The van der Waals surface area contributed by atoms with E-state index in [1.54, 1.807) is 5.57 Å². The van der Waals surface area contributed by atoms with Gasteiger partial charge in [-0.25, -0.2) is 0 Å². The van der Waals surface area contributed by atoms with Crippen LogP contribution in [0.15, 0.2) is 22.8 Å². The molecular formula is C82H169O13+. The van der Waals surface area contributed by atoms with Crippen molar-refractivity contribution in [1.29, 1.82) is 0 Å². The maximum absolute atomic E-state index is 12.4. The van der Waals surface area contributed by atoms with Crippen molar-refractivity contribution in [2.45, 2.75) is 452 Å². The summed E-state index contributed by atoms with van der Waals surface area (Å²) >= 11 is 0. The molecule has 13 nitrogen and oxygen atoms in total. The Labute approximate surface area is 592 Å². The molecule has 0 saturated carbocycles. The van der Waals surface area contributed by atoms with Crippen molar-refractivity contribution < 1.29 is 67.8 Å². The molecule has 2 unspecified atom stereocenters. The van der Waals surface area contributed by atoms with Gasteiger partial charge >= 0.3 is 19.3 Å². The Balaban J connectivity index is -0.0000000866. The van der Waals surface area contributed by atoms with Crippen LogP contribution >= 0.6 is 0 Å². The van der Waals surface area contributed by atoms with Crippen molar-refractivity contribution in [3.63, 3.8) is 0 Å². The molecule has 0 aromatic carbocycles. The molecule has 0 radical (unpaired) electrons. The number of allylic oxidation sites excluding steroid dienone is 4. The van der Waals surface area contributed by atoms with Gasteiger partial charge in [-0.2, -0.15) is 0 Å². The lowest BCUT2D eigenvalue weighted by atomic mass is 9.79. The number of carbonyl (C=O) groups is 7. The first-order valence-corrected chi connectivity index (χ1v) is 39.2. The van der Waals surface area contributed by atoms with Gasteiger partial charge in [-0.3, -0.25) is 28.8 Å². The minimum Gasteiger partial charge on any atom is -0.481 e. The van der Waals surface area contributed by atoms with Gasteiger partial charge in [0, 0.05) is 52.8 Å². The van der Waals surface area contributed by atoms with Crippen LogP contribution in [0.2, 0.25) is 0 Å². The Morgan fingerprint density at radius 2 is 0.758 bits per heavy atom. The number of rotatable bonds is 51. The Morgan fingerprint density at radius 3 is 1.04 bits per heavy atom. The van der Waals surface area contributed by atoms with Crippen LogP contribution in [0.1, 0.15) is 449 Å². The van der Waals surface area contributed by atoms with Crippen molar-refractivity contribution in [3.05, 3.63) is 22.8 Å². The average molecular weight is 1360 g/mol. The fraction of sp³-hybridized carbons (Fsp3) is 0.866. The summed E-state index contributed by atoms with van der Waals surface area (Å²) in [6.45, 7) is 38.7. The van der Waals surface area contributed by atoms with Gasteiger partial charge < -0.3 is 36.2 Å². The molecule has 2 atom stereocenters. The summed E-state index contributed by atoms with van der Waals surface area (Å²) in [5, 5.41) is 16.1. The summed E-state index contributed by atoms with van der Waals surface area (Å²) in [4.78, 5) is 74.1. The average Bonchev–Trinajstić information content (AvgIpc) is 1.59. The fourth-order valence-electron chi connectivity index (χ4n) is 10.2. The number of carboxylic acids is 2. The van der Waals surface area contributed by atoms with E-state index in [1.165, 1.54) is 172 Å². The third-order valence-corrected chi connectivity index (χ3v) is 16.2. The molecule has 1 fully saturated rings. The van der Waals surface area contributed by atoms with Crippen LogP contribution in [0.3, 0.4) is 0 Å². The molecule has 1 saturated heterocycles. The highest BCUT2D eigenvalue weighted by atomic mass is 16.5. The summed E-state index contributed by atoms with van der Waals surface area (Å²) in [5.74, 6) is 1.65. The van der Waals surface area contributed by atoms with Crippen LogP contribution in [0, 0.1) is 11.8 Å². The van der Waals surface area contributed by atoms with Crippen LogP contribution in [0.5, 0.6) is 0 Å². The van der Waals surface area contributed by atoms with Gasteiger partial charge in [-0.1, -0.05) is 282 Å². The van der Waals surface area contributed by atoms with Gasteiger partial charge in [0.25, 0.3) is 0 Å². The smallest absolute Gasteiger partial charge is 0.481 e. The molecule has 1 heterocycles. The second kappa shape index (κ2) is 94.6. The number of unbranched alkanes of at least 4 members (excludes halogenated alkanes) is 15. The molecule has 95 heavy (non-hydrogen) atoms.